The molecule has 11 nitrogen and oxygen atoms in total. The van der Waals surface area contributed by atoms with Gasteiger partial charge in [0.15, 0.2) is 6.29 Å². The summed E-state index contributed by atoms with van der Waals surface area (Å²) in [4.78, 5) is 23.9. The van der Waals surface area contributed by atoms with Crippen LogP contribution in [-0.2, 0) is 33.3 Å². The molecule has 0 aliphatic carbocycles. The van der Waals surface area contributed by atoms with Crippen molar-refractivity contribution < 1.29 is 53.7 Å². The molecule has 4 N–H and O–H groups in total. The van der Waals surface area contributed by atoms with Crippen LogP contribution in [0.1, 0.15) is 13.3 Å². The second-order valence-corrected chi connectivity index (χ2v) is 6.99. The van der Waals surface area contributed by atoms with E-state index in [4.69, 9.17) is 23.7 Å². The second-order valence-electron chi connectivity index (χ2n) is 6.99. The van der Waals surface area contributed by atoms with Crippen LogP contribution in [-0.4, -0.2) is 89.2 Å². The van der Waals surface area contributed by atoms with Gasteiger partial charge in [-0.15, -0.1) is 0 Å². The first-order valence-corrected chi connectivity index (χ1v) is 8.87. The topological polar surface area (TPSA) is 161 Å². The Morgan fingerprint density at radius 2 is 1.93 bits per heavy atom. The summed E-state index contributed by atoms with van der Waals surface area (Å²) < 4.78 is 26.5. The van der Waals surface area contributed by atoms with E-state index >= 15 is 0 Å². The minimum absolute atomic E-state index is 0.0894. The van der Waals surface area contributed by atoms with Crippen molar-refractivity contribution in [2.24, 2.45) is 11.8 Å². The van der Waals surface area contributed by atoms with Crippen molar-refractivity contribution in [3.05, 3.63) is 11.8 Å². The Morgan fingerprint density at radius 1 is 1.21 bits per heavy atom. The molecule has 3 rings (SSSR count). The summed E-state index contributed by atoms with van der Waals surface area (Å²) in [5.41, 5.74) is 0.157. The fourth-order valence-corrected chi connectivity index (χ4v) is 3.78. The maximum atomic E-state index is 12.0. The lowest BCUT2D eigenvalue weighted by Crippen LogP contribution is -2.61. The van der Waals surface area contributed by atoms with Crippen LogP contribution in [0.2, 0.25) is 0 Å². The molecule has 0 amide bonds. The highest BCUT2D eigenvalue weighted by Gasteiger charge is 2.51. The Bertz CT molecular complexity index is 633. The fraction of sp³-hybridized carbons (Fsp3) is 0.765. The van der Waals surface area contributed by atoms with Crippen molar-refractivity contribution in [1.29, 1.82) is 0 Å². The minimum Gasteiger partial charge on any atom is -0.471 e. The first-order chi connectivity index (χ1) is 13.3. The number of aliphatic hydroxyl groups excluding tert-OH is 4. The van der Waals surface area contributed by atoms with Gasteiger partial charge < -0.3 is 44.1 Å². The number of fused-ring (bicyclic) bond motifs is 1. The standard InChI is InChI=1S/C17H24O11/c1-6-11-7(3-10(19)26-6)8(15(23)24-2)5-25-16(11)28-17-14(22)13(21)12(20)9(4-18)27-17/h5-7,9,11-14,16-18,20-22H,3-4H2,1-2H3. The van der Waals surface area contributed by atoms with E-state index in [0.29, 0.717) is 0 Å². The monoisotopic (exact) mass is 404 g/mol. The van der Waals surface area contributed by atoms with Crippen LogP contribution in [0.5, 0.6) is 0 Å². The highest BCUT2D eigenvalue weighted by molar-refractivity contribution is 5.90. The Hall–Kier alpha value is -1.76. The zero-order valence-corrected chi connectivity index (χ0v) is 15.3. The normalized spacial score (nSPS) is 43.3. The number of ether oxygens (including phenoxy) is 5. The lowest BCUT2D eigenvalue weighted by atomic mass is 9.77. The summed E-state index contributed by atoms with van der Waals surface area (Å²) in [5, 5.41) is 39.2. The molecular formula is C17H24O11. The summed E-state index contributed by atoms with van der Waals surface area (Å²) >= 11 is 0. The molecule has 9 unspecified atom stereocenters. The molecule has 2 fully saturated rings. The van der Waals surface area contributed by atoms with Gasteiger partial charge in [-0.25, -0.2) is 4.79 Å². The number of carbonyl (C=O) groups excluding carboxylic acids is 2. The number of hydrogen-bond acceptors (Lipinski definition) is 11. The summed E-state index contributed by atoms with van der Waals surface area (Å²) in [6, 6.07) is 0. The van der Waals surface area contributed by atoms with Crippen molar-refractivity contribution in [1.82, 2.24) is 0 Å². The SMILES string of the molecule is COC(=O)C1=COC(OC2OC(CO)C(O)C(O)C2O)C2C(C)OC(=O)CC12. The smallest absolute Gasteiger partial charge is 0.337 e. The van der Waals surface area contributed by atoms with Crippen molar-refractivity contribution in [2.75, 3.05) is 13.7 Å². The molecule has 0 radical (unpaired) electrons. The predicted octanol–water partition coefficient (Wildman–Crippen LogP) is -2.22. The molecule has 0 aromatic rings. The number of esters is 2. The molecule has 9 atom stereocenters. The maximum absolute atomic E-state index is 12.0. The van der Waals surface area contributed by atoms with Crippen LogP contribution in [0.15, 0.2) is 11.8 Å². The van der Waals surface area contributed by atoms with Crippen LogP contribution in [0.4, 0.5) is 0 Å². The van der Waals surface area contributed by atoms with Crippen LogP contribution < -0.4 is 0 Å². The molecule has 0 aromatic heterocycles. The van der Waals surface area contributed by atoms with Gasteiger partial charge in [0.25, 0.3) is 0 Å². The van der Waals surface area contributed by atoms with Crippen LogP contribution in [0.25, 0.3) is 0 Å². The van der Waals surface area contributed by atoms with Crippen molar-refractivity contribution in [3.63, 3.8) is 0 Å². The molecule has 3 heterocycles. The van der Waals surface area contributed by atoms with Gasteiger partial charge in [0, 0.05) is 5.92 Å². The average molecular weight is 404 g/mol. The zero-order valence-electron chi connectivity index (χ0n) is 15.3. The van der Waals surface area contributed by atoms with Gasteiger partial charge in [-0.3, -0.25) is 4.79 Å². The fourth-order valence-electron chi connectivity index (χ4n) is 3.78. The molecule has 3 aliphatic rings. The predicted molar refractivity (Wildman–Crippen MR) is 87.0 cm³/mol. The summed E-state index contributed by atoms with van der Waals surface area (Å²) in [7, 11) is 1.21. The van der Waals surface area contributed by atoms with E-state index in [9.17, 15) is 30.0 Å². The van der Waals surface area contributed by atoms with Crippen molar-refractivity contribution in [3.8, 4) is 0 Å². The largest absolute Gasteiger partial charge is 0.471 e. The first-order valence-electron chi connectivity index (χ1n) is 8.87. The molecule has 0 bridgehead atoms. The van der Waals surface area contributed by atoms with Gasteiger partial charge in [-0.1, -0.05) is 0 Å². The van der Waals surface area contributed by atoms with E-state index in [1.165, 1.54) is 7.11 Å². The first kappa shape index (κ1) is 21.0. The number of rotatable bonds is 4. The second kappa shape index (κ2) is 8.31. The van der Waals surface area contributed by atoms with E-state index in [2.05, 4.69) is 0 Å². The summed E-state index contributed by atoms with van der Waals surface area (Å²) in [6.07, 6.45) is -8.08. The van der Waals surface area contributed by atoms with Gasteiger partial charge in [0.2, 0.25) is 6.29 Å². The van der Waals surface area contributed by atoms with E-state index in [1.54, 1.807) is 6.92 Å². The van der Waals surface area contributed by atoms with Gasteiger partial charge >= 0.3 is 11.9 Å². The highest BCUT2D eigenvalue weighted by Crippen LogP contribution is 2.41. The Morgan fingerprint density at radius 3 is 2.57 bits per heavy atom. The molecule has 2 saturated heterocycles. The van der Waals surface area contributed by atoms with Crippen molar-refractivity contribution >= 4 is 11.9 Å². The molecule has 11 heteroatoms. The lowest BCUT2D eigenvalue weighted by molar-refractivity contribution is -0.346. The van der Waals surface area contributed by atoms with Crippen LogP contribution >= 0.6 is 0 Å². The molecule has 0 aromatic carbocycles. The van der Waals surface area contributed by atoms with E-state index in [1.807, 2.05) is 0 Å². The van der Waals surface area contributed by atoms with Gasteiger partial charge in [0.05, 0.1) is 37.9 Å². The zero-order chi connectivity index (χ0) is 20.6. The Labute approximate surface area is 160 Å². The number of methoxy groups -OCH3 is 1. The minimum atomic E-state index is -1.62. The Balaban J connectivity index is 1.82. The molecule has 28 heavy (non-hydrogen) atoms. The highest BCUT2D eigenvalue weighted by atomic mass is 16.8. The van der Waals surface area contributed by atoms with Crippen LogP contribution in [0, 0.1) is 11.8 Å². The van der Waals surface area contributed by atoms with Gasteiger partial charge in [-0.05, 0) is 6.92 Å². The lowest BCUT2D eigenvalue weighted by Gasteiger charge is -2.45. The number of carbonyl (C=O) groups is 2. The van der Waals surface area contributed by atoms with Gasteiger partial charge in [0.1, 0.15) is 30.5 Å². The quantitative estimate of drug-likeness (QED) is 0.376. The average Bonchev–Trinajstić information content (AvgIpc) is 2.67. The summed E-state index contributed by atoms with van der Waals surface area (Å²) in [5.74, 6) is -2.36. The third-order valence-corrected chi connectivity index (χ3v) is 5.29. The third kappa shape index (κ3) is 3.73. The van der Waals surface area contributed by atoms with Gasteiger partial charge in [-0.2, -0.15) is 0 Å². The van der Waals surface area contributed by atoms with E-state index < -0.39 is 73.5 Å². The third-order valence-electron chi connectivity index (χ3n) is 5.29. The number of hydrogen-bond donors (Lipinski definition) is 4. The number of aliphatic hydroxyl groups is 4. The molecule has 158 valence electrons. The van der Waals surface area contributed by atoms with Crippen molar-refractivity contribution in [2.45, 2.75) is 56.4 Å². The molecule has 3 aliphatic heterocycles. The number of cyclic esters (lactones) is 1. The Kier molecular flexibility index (Phi) is 6.22. The maximum Gasteiger partial charge on any atom is 0.337 e. The molecule has 0 saturated carbocycles. The van der Waals surface area contributed by atoms with E-state index in [-0.39, 0.29) is 12.0 Å². The molecular weight excluding hydrogens is 380 g/mol. The van der Waals surface area contributed by atoms with Crippen LogP contribution in [0.3, 0.4) is 0 Å². The molecule has 0 spiro atoms. The van der Waals surface area contributed by atoms with E-state index in [0.717, 1.165) is 6.26 Å². The summed E-state index contributed by atoms with van der Waals surface area (Å²) in [6.45, 7) is 1.00.